The molecule has 1 aromatic carbocycles. The third-order valence-corrected chi connectivity index (χ3v) is 10.3. The summed E-state index contributed by atoms with van der Waals surface area (Å²) in [6.45, 7) is 9.12. The number of hydrogen-bond donors (Lipinski definition) is 1. The molecule has 224 valence electrons. The topological polar surface area (TPSA) is 126 Å². The van der Waals surface area contributed by atoms with Gasteiger partial charge in [0.15, 0.2) is 0 Å². The Labute approximate surface area is 245 Å². The molecule has 1 N–H and O–H groups in total. The maximum Gasteiger partial charge on any atom is 0.410 e. The highest BCUT2D eigenvalue weighted by molar-refractivity contribution is 7.89. The van der Waals surface area contributed by atoms with Gasteiger partial charge in [0.1, 0.15) is 5.00 Å². The maximum absolute atomic E-state index is 13.7. The van der Waals surface area contributed by atoms with Gasteiger partial charge in [0, 0.05) is 43.2 Å². The average Bonchev–Trinajstić information content (AvgIpc) is 3.34. The van der Waals surface area contributed by atoms with Crippen molar-refractivity contribution in [3.63, 3.8) is 0 Å². The molecule has 1 fully saturated rings. The molecule has 4 rings (SSSR count). The lowest BCUT2D eigenvalue weighted by molar-refractivity contribution is 0.0303. The van der Waals surface area contributed by atoms with Gasteiger partial charge in [-0.2, -0.15) is 4.31 Å². The zero-order chi connectivity index (χ0) is 29.6. The fraction of sp³-hybridized carbons (Fsp3) is 0.536. The van der Waals surface area contributed by atoms with Gasteiger partial charge in [-0.25, -0.2) is 13.2 Å². The van der Waals surface area contributed by atoms with Crippen LogP contribution in [0.2, 0.25) is 0 Å². The number of hydrogen-bond acceptors (Lipinski definition) is 8. The van der Waals surface area contributed by atoms with Gasteiger partial charge in [0.2, 0.25) is 10.0 Å². The van der Waals surface area contributed by atoms with Crippen LogP contribution < -0.4 is 5.32 Å². The summed E-state index contributed by atoms with van der Waals surface area (Å²) in [5, 5.41) is 3.31. The average molecular weight is 607 g/mol. The lowest BCUT2D eigenvalue weighted by Crippen LogP contribution is -2.41. The van der Waals surface area contributed by atoms with Crippen molar-refractivity contribution < 1.29 is 32.3 Å². The van der Waals surface area contributed by atoms with E-state index in [2.05, 4.69) is 5.32 Å². The van der Waals surface area contributed by atoms with Crippen molar-refractivity contribution in [3.8, 4) is 0 Å². The summed E-state index contributed by atoms with van der Waals surface area (Å²) in [6, 6.07) is 5.84. The highest BCUT2D eigenvalue weighted by Crippen LogP contribution is 2.38. The van der Waals surface area contributed by atoms with Crippen molar-refractivity contribution in [2.24, 2.45) is 0 Å². The first-order valence-corrected chi connectivity index (χ1v) is 16.3. The summed E-state index contributed by atoms with van der Waals surface area (Å²) in [7, 11) is -3.67. The molecule has 13 heteroatoms. The molecule has 0 aliphatic carbocycles. The number of amides is 3. The van der Waals surface area contributed by atoms with Crippen molar-refractivity contribution >= 4 is 44.3 Å². The van der Waals surface area contributed by atoms with Gasteiger partial charge in [0.05, 0.1) is 36.8 Å². The van der Waals surface area contributed by atoms with Gasteiger partial charge in [-0.15, -0.1) is 11.3 Å². The minimum absolute atomic E-state index is 0.126. The smallest absolute Gasteiger partial charge is 0.410 e. The van der Waals surface area contributed by atoms with E-state index in [-0.39, 0.29) is 29.5 Å². The molecule has 2 aromatic rings. The van der Waals surface area contributed by atoms with Crippen LogP contribution in [0, 0.1) is 0 Å². The van der Waals surface area contributed by atoms with Gasteiger partial charge >= 0.3 is 6.09 Å². The number of morpholine rings is 1. The largest absolute Gasteiger partial charge is 0.450 e. The Balaban J connectivity index is 1.59. The van der Waals surface area contributed by atoms with Crippen LogP contribution in [0.1, 0.15) is 64.8 Å². The van der Waals surface area contributed by atoms with Crippen molar-refractivity contribution in [3.05, 3.63) is 45.8 Å². The highest BCUT2D eigenvalue weighted by atomic mass is 32.2. The molecule has 3 heterocycles. The summed E-state index contributed by atoms with van der Waals surface area (Å²) < 4.78 is 38.2. The molecular weight excluding hydrogens is 568 g/mol. The Hall–Kier alpha value is -3.00. The van der Waals surface area contributed by atoms with E-state index in [9.17, 15) is 22.8 Å². The van der Waals surface area contributed by atoms with Gasteiger partial charge in [0.25, 0.3) is 11.8 Å². The third kappa shape index (κ3) is 6.91. The molecule has 1 saturated heterocycles. The number of nitrogens with zero attached hydrogens (tertiary/aromatic N) is 3. The number of carbonyl (C=O) groups excluding carboxylic acids is 3. The molecular formula is C28H38N4O7S2. The van der Waals surface area contributed by atoms with E-state index in [0.29, 0.717) is 62.9 Å². The second-order valence-electron chi connectivity index (χ2n) is 9.81. The van der Waals surface area contributed by atoms with E-state index in [1.807, 2.05) is 6.92 Å². The number of thiophene rings is 1. The summed E-state index contributed by atoms with van der Waals surface area (Å²) in [5.41, 5.74) is 1.54. The van der Waals surface area contributed by atoms with Crippen molar-refractivity contribution in [2.45, 2.75) is 51.5 Å². The molecule has 0 saturated carbocycles. The molecule has 11 nitrogen and oxygen atoms in total. The van der Waals surface area contributed by atoms with Gasteiger partial charge < -0.3 is 24.6 Å². The first kappa shape index (κ1) is 30.9. The molecule has 0 radical (unpaired) electrons. The number of nitrogens with one attached hydrogen (secondary N) is 1. The minimum atomic E-state index is -3.67. The molecule has 2 aliphatic heterocycles. The molecule has 0 unspecified atom stereocenters. The summed E-state index contributed by atoms with van der Waals surface area (Å²) in [4.78, 5) is 43.6. The number of rotatable bonds is 10. The Morgan fingerprint density at radius 2 is 1.76 bits per heavy atom. The van der Waals surface area contributed by atoms with Crippen LogP contribution in [0.4, 0.5) is 9.80 Å². The van der Waals surface area contributed by atoms with E-state index in [0.717, 1.165) is 23.3 Å². The van der Waals surface area contributed by atoms with E-state index in [1.165, 1.54) is 39.9 Å². The predicted octanol–water partition coefficient (Wildman–Crippen LogP) is 3.80. The Kier molecular flexibility index (Phi) is 10.4. The molecule has 1 aromatic heterocycles. The summed E-state index contributed by atoms with van der Waals surface area (Å²) >= 11 is 1.28. The van der Waals surface area contributed by atoms with E-state index in [4.69, 9.17) is 9.47 Å². The lowest BCUT2D eigenvalue weighted by atomic mass is 10.0. The lowest BCUT2D eigenvalue weighted by Gasteiger charge is -2.29. The Bertz CT molecular complexity index is 1350. The van der Waals surface area contributed by atoms with Crippen LogP contribution in [-0.2, 0) is 32.5 Å². The first-order chi connectivity index (χ1) is 19.7. The number of sulfonamides is 1. The number of fused-ring (bicyclic) bond motifs is 1. The Morgan fingerprint density at radius 3 is 2.39 bits per heavy atom. The fourth-order valence-electron chi connectivity index (χ4n) is 4.90. The van der Waals surface area contributed by atoms with Crippen LogP contribution in [0.15, 0.2) is 29.2 Å². The highest BCUT2D eigenvalue weighted by Gasteiger charge is 2.33. The standard InChI is InChI=1S/C28H38N4O7S2/c1-4-7-13-32(5-2)41(36,37)21-10-8-20(9-11-21)25(33)29-26-24(27(34)30-15-17-38-18-16-30)22-12-14-31(19-23(22)40-26)28(35)39-6-3/h8-11H,4-7,12-19H2,1-3H3,(H,29,33). The predicted molar refractivity (Wildman–Crippen MR) is 156 cm³/mol. The minimum Gasteiger partial charge on any atom is -0.450 e. The van der Waals surface area contributed by atoms with Crippen molar-refractivity contribution in [1.29, 1.82) is 0 Å². The third-order valence-electron chi connectivity index (χ3n) is 7.19. The van der Waals surface area contributed by atoms with E-state index < -0.39 is 22.0 Å². The summed E-state index contributed by atoms with van der Waals surface area (Å²) in [5.74, 6) is -0.636. The second-order valence-corrected chi connectivity index (χ2v) is 12.9. The molecule has 0 atom stereocenters. The summed E-state index contributed by atoms with van der Waals surface area (Å²) in [6.07, 6.45) is 1.70. The second kappa shape index (κ2) is 13.8. The van der Waals surface area contributed by atoms with Crippen LogP contribution >= 0.6 is 11.3 Å². The van der Waals surface area contributed by atoms with Crippen LogP contribution in [0.5, 0.6) is 0 Å². The molecule has 0 bridgehead atoms. The number of unbranched alkanes of at least 4 members (excludes halogenated alkanes) is 1. The molecule has 3 amide bonds. The first-order valence-electron chi connectivity index (χ1n) is 14.1. The van der Waals surface area contributed by atoms with Crippen LogP contribution in [0.3, 0.4) is 0 Å². The number of benzene rings is 1. The Morgan fingerprint density at radius 1 is 1.05 bits per heavy atom. The zero-order valence-corrected chi connectivity index (χ0v) is 25.4. The van der Waals surface area contributed by atoms with Gasteiger partial charge in [-0.3, -0.25) is 9.59 Å². The normalized spacial score (nSPS) is 15.5. The number of anilines is 1. The molecule has 41 heavy (non-hydrogen) atoms. The number of carbonyl (C=O) groups is 3. The monoisotopic (exact) mass is 606 g/mol. The quantitative estimate of drug-likeness (QED) is 0.436. The molecule has 2 aliphatic rings. The van der Waals surface area contributed by atoms with E-state index >= 15 is 0 Å². The fourth-order valence-corrected chi connectivity index (χ4v) is 7.64. The van der Waals surface area contributed by atoms with Crippen LogP contribution in [0.25, 0.3) is 0 Å². The van der Waals surface area contributed by atoms with Crippen LogP contribution in [-0.4, -0.2) is 93.0 Å². The van der Waals surface area contributed by atoms with Gasteiger partial charge in [-0.1, -0.05) is 20.3 Å². The number of ether oxygens (including phenoxy) is 2. The zero-order valence-electron chi connectivity index (χ0n) is 23.8. The van der Waals surface area contributed by atoms with Crippen molar-refractivity contribution in [1.82, 2.24) is 14.1 Å². The SMILES string of the molecule is CCCCN(CC)S(=O)(=O)c1ccc(C(=O)Nc2sc3c(c2C(=O)N2CCOCC2)CCN(C(=O)OCC)C3)cc1. The molecule has 0 spiro atoms. The van der Waals surface area contributed by atoms with Gasteiger partial charge in [-0.05, 0) is 49.6 Å². The van der Waals surface area contributed by atoms with E-state index in [1.54, 1.807) is 23.6 Å². The van der Waals surface area contributed by atoms with Crippen molar-refractivity contribution in [2.75, 3.05) is 57.9 Å². The maximum atomic E-state index is 13.7.